The van der Waals surface area contributed by atoms with Crippen LogP contribution in [0.25, 0.3) is 0 Å². The third kappa shape index (κ3) is 3.87. The van der Waals surface area contributed by atoms with E-state index in [4.69, 9.17) is 0 Å². The number of amides is 1. The molecule has 1 saturated heterocycles. The number of hydrogen-bond acceptors (Lipinski definition) is 3. The Balaban J connectivity index is 1.55. The van der Waals surface area contributed by atoms with Gasteiger partial charge in [0.05, 0.1) is 4.90 Å². The monoisotopic (exact) mass is 322 g/mol. The van der Waals surface area contributed by atoms with E-state index in [2.05, 4.69) is 4.72 Å². The van der Waals surface area contributed by atoms with Gasteiger partial charge in [-0.15, -0.1) is 0 Å². The lowest BCUT2D eigenvalue weighted by Gasteiger charge is -2.15. The average molecular weight is 322 g/mol. The van der Waals surface area contributed by atoms with Crippen molar-refractivity contribution in [2.75, 3.05) is 13.1 Å². The fourth-order valence-corrected chi connectivity index (χ4v) is 4.00. The fraction of sp³-hybridized carbons (Fsp3) is 0.562. The number of sulfonamides is 1. The number of nitrogens with one attached hydrogen (secondary N) is 1. The zero-order valence-corrected chi connectivity index (χ0v) is 13.4. The van der Waals surface area contributed by atoms with Crippen molar-refractivity contribution < 1.29 is 13.2 Å². The van der Waals surface area contributed by atoms with E-state index in [1.807, 2.05) is 4.90 Å². The van der Waals surface area contributed by atoms with Crippen molar-refractivity contribution in [3.8, 4) is 0 Å². The van der Waals surface area contributed by atoms with Gasteiger partial charge in [-0.1, -0.05) is 12.1 Å². The maximum atomic E-state index is 12.1. The van der Waals surface area contributed by atoms with Gasteiger partial charge in [-0.25, -0.2) is 13.1 Å². The predicted molar refractivity (Wildman–Crippen MR) is 83.9 cm³/mol. The number of carbonyl (C=O) groups excluding carboxylic acids is 1. The number of benzene rings is 1. The Morgan fingerprint density at radius 3 is 2.36 bits per heavy atom. The second-order valence-corrected chi connectivity index (χ2v) is 7.84. The topological polar surface area (TPSA) is 66.5 Å². The van der Waals surface area contributed by atoms with Crippen LogP contribution in [0.1, 0.15) is 37.7 Å². The molecular weight excluding hydrogens is 300 g/mol. The van der Waals surface area contributed by atoms with Crippen molar-refractivity contribution in [2.45, 2.75) is 49.5 Å². The van der Waals surface area contributed by atoms with Crippen LogP contribution < -0.4 is 4.72 Å². The van der Waals surface area contributed by atoms with E-state index in [0.717, 1.165) is 44.3 Å². The minimum Gasteiger partial charge on any atom is -0.343 e. The van der Waals surface area contributed by atoms with Gasteiger partial charge in [0.15, 0.2) is 0 Å². The molecule has 6 heteroatoms. The molecule has 0 radical (unpaired) electrons. The van der Waals surface area contributed by atoms with Gasteiger partial charge in [0.25, 0.3) is 0 Å². The van der Waals surface area contributed by atoms with Gasteiger partial charge in [0.1, 0.15) is 0 Å². The highest BCUT2D eigenvalue weighted by Gasteiger charge is 2.27. The first-order valence-electron chi connectivity index (χ1n) is 7.94. The van der Waals surface area contributed by atoms with Crippen LogP contribution in [-0.4, -0.2) is 38.4 Å². The highest BCUT2D eigenvalue weighted by atomic mass is 32.2. The first-order chi connectivity index (χ1) is 10.5. The maximum Gasteiger partial charge on any atom is 0.240 e. The largest absolute Gasteiger partial charge is 0.343 e. The molecule has 22 heavy (non-hydrogen) atoms. The van der Waals surface area contributed by atoms with Crippen molar-refractivity contribution in [1.82, 2.24) is 9.62 Å². The molecule has 1 aliphatic heterocycles. The van der Waals surface area contributed by atoms with Gasteiger partial charge in [-0.05, 0) is 49.8 Å². The molecule has 1 aromatic carbocycles. The molecule has 1 heterocycles. The molecule has 1 aliphatic carbocycles. The van der Waals surface area contributed by atoms with Crippen molar-refractivity contribution in [3.05, 3.63) is 29.8 Å². The standard InChI is InChI=1S/C16H22N2O3S/c19-16(18-11-1-2-12-18)10-5-13-3-8-15(9-4-13)22(20,21)17-14-6-7-14/h3-4,8-9,14,17H,1-2,5-7,10-12H2. The molecule has 0 bridgehead atoms. The molecule has 0 atom stereocenters. The summed E-state index contributed by atoms with van der Waals surface area (Å²) < 4.78 is 26.8. The van der Waals surface area contributed by atoms with Crippen molar-refractivity contribution >= 4 is 15.9 Å². The van der Waals surface area contributed by atoms with Crippen molar-refractivity contribution in [3.63, 3.8) is 0 Å². The first-order valence-corrected chi connectivity index (χ1v) is 9.42. The summed E-state index contributed by atoms with van der Waals surface area (Å²) in [4.78, 5) is 14.2. The molecule has 5 nitrogen and oxygen atoms in total. The average Bonchev–Trinajstić information content (AvgIpc) is 3.14. The van der Waals surface area contributed by atoms with Gasteiger partial charge in [-0.3, -0.25) is 4.79 Å². The van der Waals surface area contributed by atoms with Crippen LogP contribution in [0.5, 0.6) is 0 Å². The van der Waals surface area contributed by atoms with Gasteiger partial charge in [0, 0.05) is 25.6 Å². The molecule has 0 aromatic heterocycles. The number of hydrogen-bond donors (Lipinski definition) is 1. The summed E-state index contributed by atoms with van der Waals surface area (Å²) in [5.74, 6) is 0.199. The van der Waals surface area contributed by atoms with E-state index in [9.17, 15) is 13.2 Å². The van der Waals surface area contributed by atoms with E-state index in [1.165, 1.54) is 0 Å². The molecule has 0 spiro atoms. The van der Waals surface area contributed by atoms with Crippen LogP contribution in [-0.2, 0) is 21.2 Å². The van der Waals surface area contributed by atoms with E-state index >= 15 is 0 Å². The minimum atomic E-state index is -3.38. The Bertz CT molecular complexity index is 630. The second kappa shape index (κ2) is 6.38. The lowest BCUT2D eigenvalue weighted by Crippen LogP contribution is -2.27. The Labute approximate surface area is 131 Å². The van der Waals surface area contributed by atoms with Gasteiger partial charge < -0.3 is 4.90 Å². The fourth-order valence-electron chi connectivity index (χ4n) is 2.70. The summed E-state index contributed by atoms with van der Waals surface area (Å²) in [5.41, 5.74) is 0.998. The molecular formula is C16H22N2O3S. The van der Waals surface area contributed by atoms with Gasteiger partial charge >= 0.3 is 0 Å². The molecule has 120 valence electrons. The lowest BCUT2D eigenvalue weighted by molar-refractivity contribution is -0.130. The second-order valence-electron chi connectivity index (χ2n) is 6.13. The van der Waals surface area contributed by atoms with Crippen LogP contribution in [0.4, 0.5) is 0 Å². The predicted octanol–water partition coefficient (Wildman–Crippen LogP) is 1.68. The Hall–Kier alpha value is -1.40. The summed E-state index contributed by atoms with van der Waals surface area (Å²) >= 11 is 0. The third-order valence-electron chi connectivity index (χ3n) is 4.22. The van der Waals surface area contributed by atoms with Gasteiger partial charge in [-0.2, -0.15) is 0 Å². The lowest BCUT2D eigenvalue weighted by atomic mass is 10.1. The quantitative estimate of drug-likeness (QED) is 0.866. The number of nitrogens with zero attached hydrogens (tertiary/aromatic N) is 1. The van der Waals surface area contributed by atoms with Crippen LogP contribution in [0.3, 0.4) is 0 Å². The third-order valence-corrected chi connectivity index (χ3v) is 5.76. The minimum absolute atomic E-state index is 0.114. The van der Waals surface area contributed by atoms with Crippen LogP contribution in [0.15, 0.2) is 29.2 Å². The summed E-state index contributed by atoms with van der Waals surface area (Å²) in [5, 5.41) is 0. The number of aryl methyl sites for hydroxylation is 1. The zero-order chi connectivity index (χ0) is 15.6. The first kappa shape index (κ1) is 15.5. The number of carbonyl (C=O) groups is 1. The molecule has 1 N–H and O–H groups in total. The number of rotatable bonds is 6. The van der Waals surface area contributed by atoms with E-state index in [1.54, 1.807) is 24.3 Å². The molecule has 2 fully saturated rings. The molecule has 2 aliphatic rings. The molecule has 1 aromatic rings. The summed E-state index contributed by atoms with van der Waals surface area (Å²) in [6.45, 7) is 1.76. The molecule has 3 rings (SSSR count). The molecule has 1 saturated carbocycles. The summed E-state index contributed by atoms with van der Waals surface area (Å²) in [6.07, 6.45) is 5.21. The Morgan fingerprint density at radius 2 is 1.77 bits per heavy atom. The normalized spacial score (nSPS) is 18.6. The smallest absolute Gasteiger partial charge is 0.240 e. The molecule has 0 unspecified atom stereocenters. The van der Waals surface area contributed by atoms with E-state index < -0.39 is 10.0 Å². The highest BCUT2D eigenvalue weighted by molar-refractivity contribution is 7.89. The van der Waals surface area contributed by atoms with Crippen molar-refractivity contribution in [1.29, 1.82) is 0 Å². The van der Waals surface area contributed by atoms with E-state index in [-0.39, 0.29) is 11.9 Å². The van der Waals surface area contributed by atoms with Crippen molar-refractivity contribution in [2.24, 2.45) is 0 Å². The van der Waals surface area contributed by atoms with E-state index in [0.29, 0.717) is 17.7 Å². The summed E-state index contributed by atoms with van der Waals surface area (Å²) in [7, 11) is -3.38. The molecule has 1 amide bonds. The van der Waals surface area contributed by atoms with Crippen LogP contribution in [0.2, 0.25) is 0 Å². The highest BCUT2D eigenvalue weighted by Crippen LogP contribution is 2.22. The number of likely N-dealkylation sites (tertiary alicyclic amines) is 1. The SMILES string of the molecule is O=C(CCc1ccc(S(=O)(=O)NC2CC2)cc1)N1CCCC1. The maximum absolute atomic E-state index is 12.1. The van der Waals surface area contributed by atoms with Gasteiger partial charge in [0.2, 0.25) is 15.9 Å². The van der Waals surface area contributed by atoms with Crippen LogP contribution in [0, 0.1) is 0 Å². The Morgan fingerprint density at radius 1 is 1.14 bits per heavy atom. The zero-order valence-electron chi connectivity index (χ0n) is 12.6. The Kier molecular flexibility index (Phi) is 4.49. The summed E-state index contributed by atoms with van der Waals surface area (Å²) in [6, 6.07) is 6.97. The van der Waals surface area contributed by atoms with Crippen LogP contribution >= 0.6 is 0 Å².